The number of phenols is 1. The molecule has 5 nitrogen and oxygen atoms in total. The van der Waals surface area contributed by atoms with Gasteiger partial charge in [-0.05, 0) is 81.8 Å². The Balaban J connectivity index is 1.92. The molecular formula is C27H38N2O3S. The van der Waals surface area contributed by atoms with Crippen LogP contribution in [0.15, 0.2) is 35.9 Å². The smallest absolute Gasteiger partial charge is 0.263 e. The van der Waals surface area contributed by atoms with E-state index in [0.29, 0.717) is 5.75 Å². The van der Waals surface area contributed by atoms with E-state index in [1.807, 2.05) is 19.1 Å². The molecule has 0 bridgehead atoms. The number of carbonyl (C=O) groups excluding carboxylic acids is 1. The van der Waals surface area contributed by atoms with E-state index in [1.54, 1.807) is 0 Å². The maximum absolute atomic E-state index is 11.7. The van der Waals surface area contributed by atoms with Crippen LogP contribution in [0.25, 0.3) is 0 Å². The zero-order valence-corrected chi connectivity index (χ0v) is 21.2. The highest BCUT2D eigenvalue weighted by atomic mass is 32.1. The first-order valence-corrected chi connectivity index (χ1v) is 12.6. The number of aryl methyl sites for hydroxylation is 1. The molecule has 0 saturated carbocycles. The molecule has 1 aromatic rings. The van der Waals surface area contributed by atoms with E-state index in [4.69, 9.17) is 17.0 Å². The second-order valence-electron chi connectivity index (χ2n) is 9.55. The highest BCUT2D eigenvalue weighted by Gasteiger charge is 2.38. The Morgan fingerprint density at radius 1 is 1.33 bits per heavy atom. The third-order valence-electron chi connectivity index (χ3n) is 6.92. The Hall–Kier alpha value is -2.34. The molecular weight excluding hydrogens is 432 g/mol. The molecule has 4 atom stereocenters. The molecule has 1 heterocycles. The van der Waals surface area contributed by atoms with Crippen molar-refractivity contribution in [2.45, 2.75) is 84.7 Å². The topological polar surface area (TPSA) is 70.6 Å². The summed E-state index contributed by atoms with van der Waals surface area (Å²) in [5, 5.41) is 17.3. The van der Waals surface area contributed by atoms with Crippen molar-refractivity contribution >= 4 is 23.3 Å². The molecule has 33 heavy (non-hydrogen) atoms. The molecule has 1 aromatic carbocycles. The molecule has 1 fully saturated rings. The average Bonchev–Trinajstić information content (AvgIpc) is 2.73. The van der Waals surface area contributed by atoms with Crippen molar-refractivity contribution < 1.29 is 14.6 Å². The van der Waals surface area contributed by atoms with Crippen LogP contribution in [0.5, 0.6) is 11.5 Å². The van der Waals surface area contributed by atoms with Gasteiger partial charge in [0.25, 0.3) is 5.17 Å². The molecule has 1 saturated heterocycles. The summed E-state index contributed by atoms with van der Waals surface area (Å²) < 4.78 is 6.17. The van der Waals surface area contributed by atoms with Gasteiger partial charge in [-0.1, -0.05) is 50.5 Å². The van der Waals surface area contributed by atoms with Crippen molar-refractivity contribution in [2.75, 3.05) is 0 Å². The fourth-order valence-electron chi connectivity index (χ4n) is 4.95. The molecule has 3 rings (SSSR count). The van der Waals surface area contributed by atoms with Crippen LogP contribution in [0.3, 0.4) is 0 Å². The average molecular weight is 471 g/mol. The van der Waals surface area contributed by atoms with E-state index in [-0.39, 0.29) is 40.8 Å². The third-order valence-corrected chi connectivity index (χ3v) is 7.12. The summed E-state index contributed by atoms with van der Waals surface area (Å²) in [5.74, 6) is 0.945. The molecule has 0 unspecified atom stereocenters. The number of phenolic OH excluding ortho intramolecular Hbond substituents is 1. The lowest BCUT2D eigenvalue weighted by Crippen LogP contribution is -2.65. The number of rotatable bonds is 9. The number of hydrogen-bond acceptors (Lipinski definition) is 4. The van der Waals surface area contributed by atoms with Gasteiger partial charge in [-0.25, -0.2) is 0 Å². The first-order chi connectivity index (χ1) is 15.7. The van der Waals surface area contributed by atoms with Gasteiger partial charge in [0.1, 0.15) is 17.7 Å². The van der Waals surface area contributed by atoms with Crippen molar-refractivity contribution in [3.63, 3.8) is 0 Å². The Bertz CT molecular complexity index is 940. The van der Waals surface area contributed by atoms with Gasteiger partial charge in [0.2, 0.25) is 5.91 Å². The molecule has 0 aromatic heterocycles. The summed E-state index contributed by atoms with van der Waals surface area (Å²) in [4.78, 5) is 11.7. The summed E-state index contributed by atoms with van der Waals surface area (Å²) in [7, 11) is 0. The molecule has 1 amide bonds. The number of ether oxygens (including phenoxy) is 1. The SMILES string of the molecule is C=C(C)[C@@H]1CCC(C)=C[C@H]1c1c(O)cc(CCCCC)cc1OC(=S)N[C@H]1NC(=O)[C@@H]1CC. The third kappa shape index (κ3) is 5.97. The van der Waals surface area contributed by atoms with E-state index >= 15 is 0 Å². The molecule has 0 spiro atoms. The maximum Gasteiger partial charge on any atom is 0.263 e. The molecule has 0 radical (unpaired) electrons. The van der Waals surface area contributed by atoms with Crippen LogP contribution in [0.4, 0.5) is 0 Å². The van der Waals surface area contributed by atoms with Crippen LogP contribution >= 0.6 is 12.2 Å². The summed E-state index contributed by atoms with van der Waals surface area (Å²) in [6, 6.07) is 3.89. The van der Waals surface area contributed by atoms with Crippen LogP contribution in [-0.4, -0.2) is 22.4 Å². The highest BCUT2D eigenvalue weighted by Crippen LogP contribution is 2.47. The van der Waals surface area contributed by atoms with Gasteiger partial charge in [-0.2, -0.15) is 0 Å². The Kier molecular flexibility index (Phi) is 8.57. The predicted octanol–water partition coefficient (Wildman–Crippen LogP) is 5.88. The number of nitrogens with one attached hydrogen (secondary N) is 2. The summed E-state index contributed by atoms with van der Waals surface area (Å²) in [6.07, 6.45) is 8.97. The molecule has 3 N–H and O–H groups in total. The molecule has 180 valence electrons. The number of aromatic hydroxyl groups is 1. The van der Waals surface area contributed by atoms with E-state index in [0.717, 1.165) is 61.6 Å². The zero-order chi connectivity index (χ0) is 24.1. The Labute approximate surface area is 203 Å². The summed E-state index contributed by atoms with van der Waals surface area (Å²) >= 11 is 5.51. The summed E-state index contributed by atoms with van der Waals surface area (Å²) in [5.41, 5.74) is 4.20. The van der Waals surface area contributed by atoms with E-state index in [2.05, 4.69) is 44.1 Å². The zero-order valence-electron chi connectivity index (χ0n) is 20.4. The highest BCUT2D eigenvalue weighted by molar-refractivity contribution is 7.80. The number of amides is 1. The number of β-lactam (4-membered cyclic amide) rings is 1. The molecule has 1 aliphatic heterocycles. The maximum atomic E-state index is 11.7. The van der Waals surface area contributed by atoms with Crippen molar-refractivity contribution in [1.82, 2.24) is 10.6 Å². The Morgan fingerprint density at radius 3 is 2.73 bits per heavy atom. The van der Waals surface area contributed by atoms with Crippen molar-refractivity contribution in [3.05, 3.63) is 47.1 Å². The molecule has 2 aliphatic rings. The van der Waals surface area contributed by atoms with Crippen molar-refractivity contribution in [1.29, 1.82) is 0 Å². The number of unbranched alkanes of at least 4 members (excludes halogenated alkanes) is 2. The minimum Gasteiger partial charge on any atom is -0.507 e. The second kappa shape index (κ2) is 11.2. The minimum absolute atomic E-state index is 0.0227. The number of carbonyl (C=O) groups is 1. The number of allylic oxidation sites excluding steroid dienone is 3. The van der Waals surface area contributed by atoms with E-state index < -0.39 is 0 Å². The standard InChI is InChI=1S/C27H38N2O3S/c1-6-8-9-10-18-14-22(30)24(21-13-17(5)11-12-20(21)16(3)4)23(15-18)32-27(33)29-25-19(7-2)26(31)28-25/h13-15,19-21,25,30H,3,6-12H2,1-2,4-5H3,(H,28,31)(H,29,33)/t19-,20+,21-,25-/m1/s1. The minimum atomic E-state index is -0.222. The van der Waals surface area contributed by atoms with E-state index in [1.165, 1.54) is 5.57 Å². The van der Waals surface area contributed by atoms with Gasteiger partial charge in [0, 0.05) is 11.5 Å². The Morgan fingerprint density at radius 2 is 2.09 bits per heavy atom. The fraction of sp³-hybridized carbons (Fsp3) is 0.556. The first kappa shape index (κ1) is 25.3. The van der Waals surface area contributed by atoms with Gasteiger partial charge in [-0.3, -0.25) is 4.79 Å². The lowest BCUT2D eigenvalue weighted by atomic mass is 9.73. The van der Waals surface area contributed by atoms with Crippen LogP contribution in [0, 0.1) is 11.8 Å². The quantitative estimate of drug-likeness (QED) is 0.182. The monoisotopic (exact) mass is 470 g/mol. The normalized spacial score (nSPS) is 24.4. The van der Waals surface area contributed by atoms with Crippen molar-refractivity contribution in [3.8, 4) is 11.5 Å². The lowest BCUT2D eigenvalue weighted by Gasteiger charge is -2.37. The van der Waals surface area contributed by atoms with Crippen LogP contribution in [0.1, 0.15) is 83.3 Å². The van der Waals surface area contributed by atoms with Crippen molar-refractivity contribution in [2.24, 2.45) is 11.8 Å². The number of hydrogen-bond donors (Lipinski definition) is 3. The van der Waals surface area contributed by atoms with Crippen LogP contribution in [-0.2, 0) is 11.2 Å². The molecule has 1 aliphatic carbocycles. The lowest BCUT2D eigenvalue weighted by molar-refractivity contribution is -0.135. The van der Waals surface area contributed by atoms with E-state index in [9.17, 15) is 9.90 Å². The number of thiocarbonyl (C=S) groups is 1. The fourth-order valence-corrected chi connectivity index (χ4v) is 5.16. The van der Waals surface area contributed by atoms with Gasteiger partial charge < -0.3 is 20.5 Å². The predicted molar refractivity (Wildman–Crippen MR) is 137 cm³/mol. The second-order valence-corrected chi connectivity index (χ2v) is 9.92. The van der Waals surface area contributed by atoms with Gasteiger partial charge in [0.05, 0.1) is 5.92 Å². The summed E-state index contributed by atoms with van der Waals surface area (Å²) in [6.45, 7) is 12.6. The van der Waals surface area contributed by atoms with Crippen LogP contribution in [0.2, 0.25) is 0 Å². The van der Waals surface area contributed by atoms with Gasteiger partial charge in [-0.15, -0.1) is 0 Å². The van der Waals surface area contributed by atoms with Gasteiger partial charge in [0.15, 0.2) is 0 Å². The number of benzene rings is 1. The largest absolute Gasteiger partial charge is 0.507 e. The first-order valence-electron chi connectivity index (χ1n) is 12.2. The van der Waals surface area contributed by atoms with Crippen LogP contribution < -0.4 is 15.4 Å². The molecule has 6 heteroatoms. The van der Waals surface area contributed by atoms with Gasteiger partial charge >= 0.3 is 0 Å².